The fourth-order valence-corrected chi connectivity index (χ4v) is 3.70. The first-order valence-corrected chi connectivity index (χ1v) is 7.63. The van der Waals surface area contributed by atoms with Gasteiger partial charge in [0.05, 0.1) is 5.69 Å². The second-order valence-electron chi connectivity index (χ2n) is 7.47. The third-order valence-corrected chi connectivity index (χ3v) is 4.69. The maximum Gasteiger partial charge on any atom is 0.0965 e. The van der Waals surface area contributed by atoms with Gasteiger partial charge >= 0.3 is 0 Å². The van der Waals surface area contributed by atoms with Crippen molar-refractivity contribution in [3.8, 4) is 0 Å². The van der Waals surface area contributed by atoms with Crippen molar-refractivity contribution >= 4 is 0 Å². The van der Waals surface area contributed by atoms with Crippen LogP contribution in [0.25, 0.3) is 0 Å². The molecule has 0 radical (unpaired) electrons. The van der Waals surface area contributed by atoms with Gasteiger partial charge in [-0.2, -0.15) is 0 Å². The van der Waals surface area contributed by atoms with Crippen LogP contribution in [0.3, 0.4) is 0 Å². The van der Waals surface area contributed by atoms with Gasteiger partial charge in [0.25, 0.3) is 0 Å². The fraction of sp³-hybridized carbons (Fsp3) is 0.867. The van der Waals surface area contributed by atoms with Gasteiger partial charge in [0.1, 0.15) is 0 Å². The molecule has 2 aliphatic rings. The average Bonchev–Trinajstić information content (AvgIpc) is 3.01. The summed E-state index contributed by atoms with van der Waals surface area (Å²) in [7, 11) is 0. The van der Waals surface area contributed by atoms with Crippen molar-refractivity contribution in [3.05, 3.63) is 11.9 Å². The van der Waals surface area contributed by atoms with Crippen LogP contribution in [0.1, 0.15) is 52.1 Å². The summed E-state index contributed by atoms with van der Waals surface area (Å²) < 4.78 is 2.06. The summed E-state index contributed by atoms with van der Waals surface area (Å²) in [5, 5.41) is 12.0. The number of aromatic nitrogens is 3. The normalized spacial score (nSPS) is 30.2. The van der Waals surface area contributed by atoms with Crippen molar-refractivity contribution in [3.63, 3.8) is 0 Å². The van der Waals surface area contributed by atoms with Crippen molar-refractivity contribution in [2.75, 3.05) is 0 Å². The van der Waals surface area contributed by atoms with Crippen molar-refractivity contribution in [1.29, 1.82) is 0 Å². The van der Waals surface area contributed by atoms with E-state index in [0.717, 1.165) is 36.5 Å². The summed E-state index contributed by atoms with van der Waals surface area (Å²) in [5.41, 5.74) is 1.19. The highest BCUT2D eigenvalue weighted by Gasteiger charge is 2.39. The maximum atomic E-state index is 4.29. The summed E-state index contributed by atoms with van der Waals surface area (Å²) >= 11 is 0. The maximum absolute atomic E-state index is 4.29. The summed E-state index contributed by atoms with van der Waals surface area (Å²) in [6.07, 6.45) is 7.92. The Hall–Kier alpha value is -0.900. The quantitative estimate of drug-likeness (QED) is 0.907. The van der Waals surface area contributed by atoms with Gasteiger partial charge in [0.15, 0.2) is 0 Å². The van der Waals surface area contributed by atoms with E-state index in [-0.39, 0.29) is 5.54 Å². The molecule has 3 rings (SSSR count). The Balaban J connectivity index is 1.53. The molecule has 1 aromatic rings. The Morgan fingerprint density at radius 3 is 2.79 bits per heavy atom. The van der Waals surface area contributed by atoms with Gasteiger partial charge in [-0.1, -0.05) is 11.6 Å². The van der Waals surface area contributed by atoms with Gasteiger partial charge in [-0.25, -0.2) is 0 Å². The van der Waals surface area contributed by atoms with Crippen LogP contribution in [-0.2, 0) is 13.1 Å². The molecule has 2 fully saturated rings. The number of rotatable bonds is 4. The van der Waals surface area contributed by atoms with E-state index in [9.17, 15) is 0 Å². The molecular weight excluding hydrogens is 236 g/mol. The van der Waals surface area contributed by atoms with E-state index < -0.39 is 0 Å². The first-order chi connectivity index (χ1) is 8.99. The topological polar surface area (TPSA) is 42.7 Å². The van der Waals surface area contributed by atoms with Crippen LogP contribution in [0.4, 0.5) is 0 Å². The molecule has 3 atom stereocenters. The van der Waals surface area contributed by atoms with Crippen molar-refractivity contribution < 1.29 is 0 Å². The van der Waals surface area contributed by atoms with Crippen LogP contribution >= 0.6 is 0 Å². The first-order valence-electron chi connectivity index (χ1n) is 7.63. The number of fused-ring (bicyclic) bond motifs is 2. The van der Waals surface area contributed by atoms with E-state index in [1.807, 2.05) is 0 Å². The number of nitrogens with one attached hydrogen (secondary N) is 1. The largest absolute Gasteiger partial charge is 0.306 e. The first kappa shape index (κ1) is 13.1. The lowest BCUT2D eigenvalue weighted by Gasteiger charge is -2.21. The summed E-state index contributed by atoms with van der Waals surface area (Å²) in [6.45, 7) is 8.40. The number of hydrogen-bond donors (Lipinski definition) is 1. The van der Waals surface area contributed by atoms with Crippen molar-refractivity contribution in [1.82, 2.24) is 20.3 Å². The summed E-state index contributed by atoms with van der Waals surface area (Å²) in [5.74, 6) is 2.83. The second kappa shape index (κ2) is 4.89. The second-order valence-corrected chi connectivity index (χ2v) is 7.47. The molecule has 106 valence electrons. The molecule has 19 heavy (non-hydrogen) atoms. The molecule has 0 saturated heterocycles. The third-order valence-electron chi connectivity index (χ3n) is 4.69. The Labute approximate surface area is 116 Å². The van der Waals surface area contributed by atoms with Crippen molar-refractivity contribution in [2.24, 2.45) is 17.8 Å². The molecule has 1 heterocycles. The molecule has 2 bridgehead atoms. The SMILES string of the molecule is CC(C)(C)NCc1cn(CC2CC3CCC2C3)nn1. The predicted molar refractivity (Wildman–Crippen MR) is 75.6 cm³/mol. The zero-order valence-electron chi connectivity index (χ0n) is 12.4. The Morgan fingerprint density at radius 2 is 2.16 bits per heavy atom. The standard InChI is InChI=1S/C15H26N4/c1-15(2,3)16-8-14-10-19(18-17-14)9-13-7-11-4-5-12(13)6-11/h10-13,16H,4-9H2,1-3H3. The number of nitrogens with zero attached hydrogens (tertiary/aromatic N) is 3. The third kappa shape index (κ3) is 3.16. The van der Waals surface area contributed by atoms with Gasteiger partial charge in [0.2, 0.25) is 0 Å². The van der Waals surface area contributed by atoms with Crippen LogP contribution < -0.4 is 5.32 Å². The molecule has 0 aromatic carbocycles. The zero-order valence-corrected chi connectivity index (χ0v) is 12.4. The Bertz CT molecular complexity index is 432. The number of hydrogen-bond acceptors (Lipinski definition) is 3. The minimum atomic E-state index is 0.133. The lowest BCUT2D eigenvalue weighted by Crippen LogP contribution is -2.35. The van der Waals surface area contributed by atoms with E-state index >= 15 is 0 Å². The molecule has 3 unspecified atom stereocenters. The van der Waals surface area contributed by atoms with E-state index in [1.165, 1.54) is 25.7 Å². The van der Waals surface area contributed by atoms with Gasteiger partial charge in [-0.15, -0.1) is 5.10 Å². The van der Waals surface area contributed by atoms with Crippen LogP contribution in [0, 0.1) is 17.8 Å². The minimum absolute atomic E-state index is 0.133. The van der Waals surface area contributed by atoms with Crippen LogP contribution in [0.5, 0.6) is 0 Å². The van der Waals surface area contributed by atoms with Crippen LogP contribution in [0.15, 0.2) is 6.20 Å². The van der Waals surface area contributed by atoms with Gasteiger partial charge in [-0.05, 0) is 57.8 Å². The molecule has 4 nitrogen and oxygen atoms in total. The van der Waals surface area contributed by atoms with E-state index in [0.29, 0.717) is 0 Å². The summed E-state index contributed by atoms with van der Waals surface area (Å²) in [4.78, 5) is 0. The molecule has 2 saturated carbocycles. The fourth-order valence-electron chi connectivity index (χ4n) is 3.70. The lowest BCUT2D eigenvalue weighted by molar-refractivity contribution is 0.283. The smallest absolute Gasteiger partial charge is 0.0965 e. The van der Waals surface area contributed by atoms with Crippen LogP contribution in [0.2, 0.25) is 0 Å². The molecule has 1 N–H and O–H groups in total. The molecular formula is C15H26N4. The summed E-state index contributed by atoms with van der Waals surface area (Å²) in [6, 6.07) is 0. The van der Waals surface area contributed by atoms with Crippen molar-refractivity contribution in [2.45, 2.75) is 65.1 Å². The molecule has 0 aliphatic heterocycles. The highest BCUT2D eigenvalue weighted by molar-refractivity contribution is 4.95. The van der Waals surface area contributed by atoms with E-state index in [2.05, 4.69) is 47.3 Å². The van der Waals surface area contributed by atoms with Gasteiger partial charge < -0.3 is 5.32 Å². The van der Waals surface area contributed by atoms with Gasteiger partial charge in [-0.3, -0.25) is 4.68 Å². The Kier molecular flexibility index (Phi) is 3.37. The van der Waals surface area contributed by atoms with Gasteiger partial charge in [0, 0.05) is 24.8 Å². The minimum Gasteiger partial charge on any atom is -0.306 e. The Morgan fingerprint density at radius 1 is 1.32 bits per heavy atom. The highest BCUT2D eigenvalue weighted by atomic mass is 15.4. The van der Waals surface area contributed by atoms with Crippen LogP contribution in [-0.4, -0.2) is 20.5 Å². The highest BCUT2D eigenvalue weighted by Crippen LogP contribution is 2.48. The van der Waals surface area contributed by atoms with E-state index in [1.54, 1.807) is 0 Å². The molecule has 4 heteroatoms. The molecule has 0 spiro atoms. The predicted octanol–water partition coefficient (Wildman–Crippen LogP) is 2.60. The lowest BCUT2D eigenvalue weighted by atomic mass is 9.89. The average molecular weight is 262 g/mol. The monoisotopic (exact) mass is 262 g/mol. The molecule has 0 amide bonds. The zero-order chi connectivity index (χ0) is 13.5. The molecule has 2 aliphatic carbocycles. The molecule has 1 aromatic heterocycles. The van der Waals surface area contributed by atoms with E-state index in [4.69, 9.17) is 0 Å².